The molecule has 1 aromatic rings. The van der Waals surface area contributed by atoms with Crippen molar-refractivity contribution in [2.45, 2.75) is 18.3 Å². The lowest BCUT2D eigenvalue weighted by Crippen LogP contribution is -2.50. The zero-order chi connectivity index (χ0) is 12.6. The van der Waals surface area contributed by atoms with Gasteiger partial charge < -0.3 is 15.8 Å². The molecule has 0 unspecified atom stereocenters. The van der Waals surface area contributed by atoms with Gasteiger partial charge in [-0.1, -0.05) is 0 Å². The van der Waals surface area contributed by atoms with Crippen LogP contribution in [0.15, 0.2) is 18.2 Å². The number of nitrogens with one attached hydrogen (secondary N) is 1. The number of nitrogens with two attached hydrogens (primary N) is 1. The molecule has 0 spiro atoms. The van der Waals surface area contributed by atoms with Gasteiger partial charge in [0.25, 0.3) is 0 Å². The minimum Gasteiger partial charge on any atom is -0.477 e. The quantitative estimate of drug-likeness (QED) is 0.691. The van der Waals surface area contributed by atoms with E-state index in [2.05, 4.69) is 5.32 Å². The maximum Gasteiger partial charge on any atom is 0.427 e. The van der Waals surface area contributed by atoms with E-state index < -0.39 is 24.1 Å². The molecule has 1 aliphatic heterocycles. The number of anilines is 1. The Morgan fingerprint density at radius 3 is 2.71 bits per heavy atom. The molecule has 7 heteroatoms. The molecule has 2 rings (SSSR count). The van der Waals surface area contributed by atoms with Crippen molar-refractivity contribution in [3.63, 3.8) is 0 Å². The summed E-state index contributed by atoms with van der Waals surface area (Å²) in [7, 11) is 0. The van der Waals surface area contributed by atoms with Gasteiger partial charge in [-0.15, -0.1) is 0 Å². The van der Waals surface area contributed by atoms with Crippen LogP contribution in [-0.2, 0) is 0 Å². The zero-order valence-corrected chi connectivity index (χ0v) is 8.59. The van der Waals surface area contributed by atoms with Crippen LogP contribution in [0.3, 0.4) is 0 Å². The Balaban J connectivity index is 2.34. The largest absolute Gasteiger partial charge is 0.477 e. The van der Waals surface area contributed by atoms with Crippen molar-refractivity contribution >= 4 is 5.69 Å². The van der Waals surface area contributed by atoms with E-state index in [0.29, 0.717) is 0 Å². The Bertz CT molecular complexity index is 421. The molecule has 0 saturated heterocycles. The summed E-state index contributed by atoms with van der Waals surface area (Å²) in [6, 6.07) is 2.01. The highest BCUT2D eigenvalue weighted by Crippen LogP contribution is 2.34. The minimum absolute atomic E-state index is 0.0540. The van der Waals surface area contributed by atoms with E-state index in [1.165, 1.54) is 0 Å². The number of alkyl halides is 3. The second-order valence-corrected chi connectivity index (χ2v) is 3.77. The third-order valence-corrected chi connectivity index (χ3v) is 2.44. The molecule has 1 aliphatic rings. The third-order valence-electron chi connectivity index (χ3n) is 2.44. The summed E-state index contributed by atoms with van der Waals surface area (Å²) in [5, 5.41) is 2.63. The maximum atomic E-state index is 12.9. The zero-order valence-electron chi connectivity index (χ0n) is 8.59. The maximum absolute atomic E-state index is 12.9. The van der Waals surface area contributed by atoms with Crippen LogP contribution in [0.5, 0.6) is 5.75 Å². The Morgan fingerprint density at radius 2 is 2.06 bits per heavy atom. The molecule has 1 aromatic carbocycles. The summed E-state index contributed by atoms with van der Waals surface area (Å²) in [5.74, 6) is -0.611. The van der Waals surface area contributed by atoms with Gasteiger partial charge in [0, 0.05) is 12.6 Å². The van der Waals surface area contributed by atoms with E-state index in [-0.39, 0.29) is 18.0 Å². The van der Waals surface area contributed by atoms with Crippen molar-refractivity contribution in [1.82, 2.24) is 0 Å². The van der Waals surface area contributed by atoms with E-state index in [4.69, 9.17) is 10.5 Å². The molecule has 94 valence electrons. The number of halogens is 4. The Hall–Kier alpha value is -1.50. The fourth-order valence-electron chi connectivity index (χ4n) is 1.61. The molecule has 17 heavy (non-hydrogen) atoms. The summed E-state index contributed by atoms with van der Waals surface area (Å²) in [5.41, 5.74) is 5.55. The van der Waals surface area contributed by atoms with Gasteiger partial charge in [0.05, 0.1) is 11.7 Å². The Morgan fingerprint density at radius 1 is 1.35 bits per heavy atom. The Kier molecular flexibility index (Phi) is 2.86. The van der Waals surface area contributed by atoms with Gasteiger partial charge in [0.1, 0.15) is 11.6 Å². The molecule has 2 atom stereocenters. The summed E-state index contributed by atoms with van der Waals surface area (Å²) < 4.78 is 55.6. The molecule has 3 nitrogen and oxygen atoms in total. The second kappa shape index (κ2) is 4.06. The van der Waals surface area contributed by atoms with Crippen LogP contribution in [0, 0.1) is 5.82 Å². The molecule has 0 bridgehead atoms. The first-order valence-corrected chi connectivity index (χ1v) is 4.90. The van der Waals surface area contributed by atoms with Crippen LogP contribution in [0.2, 0.25) is 0 Å². The first-order valence-electron chi connectivity index (χ1n) is 4.90. The SMILES string of the molecule is N[C@H]1CNc2cc(F)ccc2O[C@@H]1C(F)(F)F. The predicted molar refractivity (Wildman–Crippen MR) is 53.3 cm³/mol. The fourth-order valence-corrected chi connectivity index (χ4v) is 1.61. The highest BCUT2D eigenvalue weighted by atomic mass is 19.4. The van der Waals surface area contributed by atoms with Crippen LogP contribution in [0.25, 0.3) is 0 Å². The molecule has 3 N–H and O–H groups in total. The van der Waals surface area contributed by atoms with Crippen LogP contribution in [-0.4, -0.2) is 24.9 Å². The first kappa shape index (κ1) is 12.0. The topological polar surface area (TPSA) is 47.3 Å². The molecule has 0 aliphatic carbocycles. The van der Waals surface area contributed by atoms with E-state index in [9.17, 15) is 17.6 Å². The van der Waals surface area contributed by atoms with Gasteiger partial charge in [0.2, 0.25) is 6.10 Å². The normalized spacial score (nSPS) is 24.3. The van der Waals surface area contributed by atoms with Gasteiger partial charge in [-0.3, -0.25) is 0 Å². The average Bonchev–Trinajstić information content (AvgIpc) is 2.37. The molecular formula is C10H10F4N2O. The number of hydrogen-bond acceptors (Lipinski definition) is 3. The van der Waals surface area contributed by atoms with Gasteiger partial charge in [0.15, 0.2) is 0 Å². The van der Waals surface area contributed by atoms with E-state index in [0.717, 1.165) is 18.2 Å². The Labute approximate surface area is 94.6 Å². The number of hydrogen-bond donors (Lipinski definition) is 2. The van der Waals surface area contributed by atoms with Crippen LogP contribution in [0.4, 0.5) is 23.2 Å². The predicted octanol–water partition coefficient (Wildman–Crippen LogP) is 1.89. The van der Waals surface area contributed by atoms with Crippen molar-refractivity contribution < 1.29 is 22.3 Å². The molecule has 0 fully saturated rings. The monoisotopic (exact) mass is 250 g/mol. The van der Waals surface area contributed by atoms with Gasteiger partial charge in [-0.25, -0.2) is 4.39 Å². The van der Waals surface area contributed by atoms with Crippen molar-refractivity contribution in [3.05, 3.63) is 24.0 Å². The van der Waals surface area contributed by atoms with E-state index in [1.807, 2.05) is 0 Å². The summed E-state index contributed by atoms with van der Waals surface area (Å²) >= 11 is 0. The van der Waals surface area contributed by atoms with Gasteiger partial charge in [-0.05, 0) is 12.1 Å². The summed E-state index contributed by atoms with van der Waals surface area (Å²) in [4.78, 5) is 0. The van der Waals surface area contributed by atoms with Crippen LogP contribution in [0.1, 0.15) is 0 Å². The van der Waals surface area contributed by atoms with Crippen molar-refractivity contribution in [2.24, 2.45) is 5.73 Å². The van der Waals surface area contributed by atoms with Crippen LogP contribution < -0.4 is 15.8 Å². The molecule has 1 heterocycles. The van der Waals surface area contributed by atoms with Gasteiger partial charge >= 0.3 is 6.18 Å². The van der Waals surface area contributed by atoms with E-state index >= 15 is 0 Å². The fraction of sp³-hybridized carbons (Fsp3) is 0.400. The smallest absolute Gasteiger partial charge is 0.427 e. The lowest BCUT2D eigenvalue weighted by Gasteiger charge is -2.24. The minimum atomic E-state index is -4.56. The third kappa shape index (κ3) is 2.44. The number of ether oxygens (including phenoxy) is 1. The molecule has 0 radical (unpaired) electrons. The van der Waals surface area contributed by atoms with Crippen molar-refractivity contribution in [2.75, 3.05) is 11.9 Å². The number of benzene rings is 1. The highest BCUT2D eigenvalue weighted by Gasteiger charge is 2.46. The van der Waals surface area contributed by atoms with E-state index in [1.54, 1.807) is 0 Å². The first-order chi connectivity index (χ1) is 7.88. The highest BCUT2D eigenvalue weighted by molar-refractivity contribution is 5.57. The standard InChI is InChI=1S/C10H10F4N2O/c11-5-1-2-8-7(3-5)16-4-6(15)9(17-8)10(12,13)14/h1-3,6,9,16H,4,15H2/t6-,9-/m0/s1. The molecule has 0 aromatic heterocycles. The lowest BCUT2D eigenvalue weighted by molar-refractivity contribution is -0.198. The second-order valence-electron chi connectivity index (χ2n) is 3.77. The summed E-state index contributed by atoms with van der Waals surface area (Å²) in [6.45, 7) is -0.138. The number of rotatable bonds is 0. The van der Waals surface area contributed by atoms with Crippen molar-refractivity contribution in [3.8, 4) is 5.75 Å². The number of fused-ring (bicyclic) bond motifs is 1. The summed E-state index contributed by atoms with van der Waals surface area (Å²) in [6.07, 6.45) is -6.65. The molecule has 0 amide bonds. The molecular weight excluding hydrogens is 240 g/mol. The molecule has 0 saturated carbocycles. The van der Waals surface area contributed by atoms with Gasteiger partial charge in [-0.2, -0.15) is 13.2 Å². The van der Waals surface area contributed by atoms with Crippen molar-refractivity contribution in [1.29, 1.82) is 0 Å². The average molecular weight is 250 g/mol. The lowest BCUT2D eigenvalue weighted by atomic mass is 10.1. The van der Waals surface area contributed by atoms with Crippen LogP contribution >= 0.6 is 0 Å².